The molecule has 1 aliphatic heterocycles. The Morgan fingerprint density at radius 1 is 0.933 bits per heavy atom. The quantitative estimate of drug-likeness (QED) is 0.686. The molecule has 0 spiro atoms. The number of benzene rings is 2. The number of carboxylic acid groups (broad SMARTS) is 1. The van der Waals surface area contributed by atoms with Gasteiger partial charge in [-0.25, -0.2) is 4.79 Å². The minimum Gasteiger partial charge on any atom is -0.480 e. The van der Waals surface area contributed by atoms with Crippen LogP contribution in [0.1, 0.15) is 38.8 Å². The molecule has 1 saturated heterocycles. The Bertz CT molecular complexity index is 880. The van der Waals surface area contributed by atoms with E-state index in [9.17, 15) is 14.7 Å². The van der Waals surface area contributed by atoms with E-state index in [0.717, 1.165) is 16.6 Å². The van der Waals surface area contributed by atoms with Gasteiger partial charge >= 0.3 is 13.1 Å². The fraction of sp³-hybridized carbons (Fsp3) is 0.391. The number of aliphatic carboxylic acids is 1. The lowest BCUT2D eigenvalue weighted by atomic mass is 9.78. The van der Waals surface area contributed by atoms with Crippen molar-refractivity contribution in [2.24, 2.45) is 0 Å². The summed E-state index contributed by atoms with van der Waals surface area (Å²) in [6, 6.07) is 15.7. The molecule has 1 aliphatic rings. The third-order valence-corrected chi connectivity index (χ3v) is 5.79. The van der Waals surface area contributed by atoms with Crippen LogP contribution in [0.3, 0.4) is 0 Å². The van der Waals surface area contributed by atoms with Crippen molar-refractivity contribution in [3.8, 4) is 0 Å². The highest BCUT2D eigenvalue weighted by Gasteiger charge is 2.51. The Hall–Kier alpha value is -2.64. The van der Waals surface area contributed by atoms with Gasteiger partial charge < -0.3 is 19.7 Å². The molecule has 3 rings (SSSR count). The third kappa shape index (κ3) is 5.09. The van der Waals surface area contributed by atoms with Crippen molar-refractivity contribution >= 4 is 24.5 Å². The molecule has 158 valence electrons. The Morgan fingerprint density at radius 3 is 2.03 bits per heavy atom. The van der Waals surface area contributed by atoms with Crippen LogP contribution in [-0.4, -0.2) is 41.3 Å². The van der Waals surface area contributed by atoms with E-state index in [4.69, 9.17) is 9.31 Å². The molecule has 2 aromatic carbocycles. The number of rotatable bonds is 7. The molecule has 6 nitrogen and oxygen atoms in total. The highest BCUT2D eigenvalue weighted by molar-refractivity contribution is 6.62. The smallest absolute Gasteiger partial charge is 0.480 e. The lowest BCUT2D eigenvalue weighted by molar-refractivity contribution is -0.141. The van der Waals surface area contributed by atoms with Gasteiger partial charge in [0.25, 0.3) is 0 Å². The number of hydrogen-bond acceptors (Lipinski definition) is 4. The van der Waals surface area contributed by atoms with E-state index in [0.29, 0.717) is 0 Å². The SMILES string of the molecule is CC1(C)OB(c2ccc(C[C@@H](NC(=O)Cc3ccccc3)C(=O)O)cc2)OC1(C)C. The van der Waals surface area contributed by atoms with E-state index in [-0.39, 0.29) is 18.7 Å². The standard InChI is InChI=1S/C23H28BNO5/c1-22(2)23(3,4)30-24(29-22)18-12-10-17(11-13-18)14-19(21(27)28)25-20(26)15-16-8-6-5-7-9-16/h5-13,19H,14-15H2,1-4H3,(H,25,26)(H,27,28)/t19-/m1/s1. The van der Waals surface area contributed by atoms with Gasteiger partial charge in [0, 0.05) is 6.42 Å². The van der Waals surface area contributed by atoms with Crippen LogP contribution in [0.5, 0.6) is 0 Å². The van der Waals surface area contributed by atoms with Crippen LogP contribution in [0.2, 0.25) is 0 Å². The van der Waals surface area contributed by atoms with E-state index in [1.54, 1.807) is 0 Å². The lowest BCUT2D eigenvalue weighted by Gasteiger charge is -2.32. The predicted molar refractivity (Wildman–Crippen MR) is 116 cm³/mol. The largest absolute Gasteiger partial charge is 0.494 e. The molecule has 0 unspecified atom stereocenters. The second-order valence-corrected chi connectivity index (χ2v) is 8.65. The summed E-state index contributed by atoms with van der Waals surface area (Å²) in [7, 11) is -0.468. The number of carboxylic acids is 1. The van der Waals surface area contributed by atoms with Gasteiger partial charge in [-0.05, 0) is 44.3 Å². The first-order chi connectivity index (χ1) is 14.1. The van der Waals surface area contributed by atoms with Crippen molar-refractivity contribution in [3.05, 3.63) is 65.7 Å². The molecule has 7 heteroatoms. The summed E-state index contributed by atoms with van der Waals surface area (Å²) >= 11 is 0. The van der Waals surface area contributed by atoms with Crippen LogP contribution in [0.25, 0.3) is 0 Å². The van der Waals surface area contributed by atoms with Gasteiger partial charge in [-0.1, -0.05) is 54.6 Å². The average molecular weight is 409 g/mol. The van der Waals surface area contributed by atoms with Crippen molar-refractivity contribution in [3.63, 3.8) is 0 Å². The highest BCUT2D eigenvalue weighted by atomic mass is 16.7. The summed E-state index contributed by atoms with van der Waals surface area (Å²) in [6.07, 6.45) is 0.338. The van der Waals surface area contributed by atoms with Crippen molar-refractivity contribution in [2.75, 3.05) is 0 Å². The van der Waals surface area contributed by atoms with Crippen LogP contribution in [0, 0.1) is 0 Å². The van der Waals surface area contributed by atoms with Crippen LogP contribution >= 0.6 is 0 Å². The first-order valence-corrected chi connectivity index (χ1v) is 10.1. The Balaban J connectivity index is 1.62. The molecule has 1 fully saturated rings. The lowest BCUT2D eigenvalue weighted by Crippen LogP contribution is -2.43. The maximum Gasteiger partial charge on any atom is 0.494 e. The first-order valence-electron chi connectivity index (χ1n) is 10.1. The minimum absolute atomic E-state index is 0.144. The zero-order valence-corrected chi connectivity index (χ0v) is 17.8. The number of hydrogen-bond donors (Lipinski definition) is 2. The second kappa shape index (κ2) is 8.62. The summed E-state index contributed by atoms with van der Waals surface area (Å²) in [6.45, 7) is 7.99. The second-order valence-electron chi connectivity index (χ2n) is 8.65. The molecule has 1 amide bonds. The summed E-state index contributed by atoms with van der Waals surface area (Å²) in [5, 5.41) is 12.2. The van der Waals surface area contributed by atoms with Gasteiger partial charge in [0.1, 0.15) is 6.04 Å². The van der Waals surface area contributed by atoms with E-state index in [1.807, 2.05) is 82.3 Å². The Labute approximate surface area is 177 Å². The molecule has 1 atom stereocenters. The third-order valence-electron chi connectivity index (χ3n) is 5.79. The maximum absolute atomic E-state index is 12.3. The summed E-state index contributed by atoms with van der Waals surface area (Å²) < 4.78 is 12.1. The Morgan fingerprint density at radius 2 is 1.50 bits per heavy atom. The molecule has 0 bridgehead atoms. The zero-order valence-electron chi connectivity index (χ0n) is 17.8. The van der Waals surface area contributed by atoms with E-state index < -0.39 is 30.3 Å². The van der Waals surface area contributed by atoms with E-state index >= 15 is 0 Å². The van der Waals surface area contributed by atoms with E-state index in [2.05, 4.69) is 5.32 Å². The van der Waals surface area contributed by atoms with Crippen LogP contribution < -0.4 is 10.8 Å². The molecule has 30 heavy (non-hydrogen) atoms. The molecule has 2 N–H and O–H groups in total. The van der Waals surface area contributed by atoms with Crippen LogP contribution in [0.15, 0.2) is 54.6 Å². The van der Waals surface area contributed by atoms with Gasteiger partial charge in [-0.15, -0.1) is 0 Å². The number of carbonyl (C=O) groups is 2. The monoisotopic (exact) mass is 409 g/mol. The summed E-state index contributed by atoms with van der Waals surface area (Å²) in [5.41, 5.74) is 1.67. The molecular formula is C23H28BNO5. The molecule has 0 saturated carbocycles. The van der Waals surface area contributed by atoms with Crippen molar-refractivity contribution in [1.29, 1.82) is 0 Å². The molecule has 0 aromatic heterocycles. The fourth-order valence-electron chi connectivity index (χ4n) is 3.25. The van der Waals surface area contributed by atoms with Gasteiger partial charge in [0.2, 0.25) is 5.91 Å². The zero-order chi connectivity index (χ0) is 21.9. The fourth-order valence-corrected chi connectivity index (χ4v) is 3.25. The van der Waals surface area contributed by atoms with Crippen molar-refractivity contribution < 1.29 is 24.0 Å². The highest BCUT2D eigenvalue weighted by Crippen LogP contribution is 2.36. The predicted octanol–water partition coefficient (Wildman–Crippen LogP) is 2.34. The molecule has 0 aliphatic carbocycles. The van der Waals surface area contributed by atoms with Crippen molar-refractivity contribution in [2.45, 2.75) is 57.8 Å². The van der Waals surface area contributed by atoms with Gasteiger partial charge in [-0.3, -0.25) is 4.79 Å². The first kappa shape index (κ1) is 22.1. The molecule has 1 heterocycles. The van der Waals surface area contributed by atoms with Crippen LogP contribution in [-0.2, 0) is 31.7 Å². The summed E-state index contributed by atoms with van der Waals surface area (Å²) in [5.74, 6) is -1.38. The molecule has 2 aromatic rings. The molecular weight excluding hydrogens is 381 g/mol. The normalized spacial score (nSPS) is 18.1. The number of carbonyl (C=O) groups excluding carboxylic acids is 1. The number of amides is 1. The molecule has 0 radical (unpaired) electrons. The van der Waals surface area contributed by atoms with Gasteiger partial charge in [0.05, 0.1) is 17.6 Å². The Kier molecular flexibility index (Phi) is 6.34. The number of nitrogens with one attached hydrogen (secondary N) is 1. The van der Waals surface area contributed by atoms with E-state index in [1.165, 1.54) is 0 Å². The average Bonchev–Trinajstić information content (AvgIpc) is 2.90. The summed E-state index contributed by atoms with van der Waals surface area (Å²) in [4.78, 5) is 23.9. The van der Waals surface area contributed by atoms with Crippen molar-refractivity contribution in [1.82, 2.24) is 5.32 Å². The van der Waals surface area contributed by atoms with Gasteiger partial charge in [0.15, 0.2) is 0 Å². The van der Waals surface area contributed by atoms with Crippen LogP contribution in [0.4, 0.5) is 0 Å². The minimum atomic E-state index is -1.06. The van der Waals surface area contributed by atoms with Gasteiger partial charge in [-0.2, -0.15) is 0 Å². The maximum atomic E-state index is 12.3. The topological polar surface area (TPSA) is 84.9 Å².